The summed E-state index contributed by atoms with van der Waals surface area (Å²) < 4.78 is 10.8. The van der Waals surface area contributed by atoms with Crippen LogP contribution in [0, 0.1) is 11.3 Å². The molecule has 1 saturated heterocycles. The summed E-state index contributed by atoms with van der Waals surface area (Å²) in [5, 5.41) is 14.3. The molecule has 1 fully saturated rings. The van der Waals surface area contributed by atoms with Crippen molar-refractivity contribution in [3.05, 3.63) is 40.8 Å². The molecule has 2 heterocycles. The Labute approximate surface area is 175 Å². The van der Waals surface area contributed by atoms with Gasteiger partial charge >= 0.3 is 0 Å². The minimum absolute atomic E-state index is 0.0486. The van der Waals surface area contributed by atoms with Crippen molar-refractivity contribution >= 4 is 22.2 Å². The van der Waals surface area contributed by atoms with Crippen LogP contribution in [0.25, 0.3) is 0 Å². The van der Waals surface area contributed by atoms with Crippen molar-refractivity contribution < 1.29 is 14.3 Å². The fourth-order valence-corrected chi connectivity index (χ4v) is 4.11. The summed E-state index contributed by atoms with van der Waals surface area (Å²) in [4.78, 5) is 16.9. The van der Waals surface area contributed by atoms with Gasteiger partial charge in [0.25, 0.3) is 0 Å². The second-order valence-corrected chi connectivity index (χ2v) is 7.79. The van der Waals surface area contributed by atoms with E-state index in [1.807, 2.05) is 23.6 Å². The Morgan fingerprint density at radius 2 is 1.93 bits per heavy atom. The van der Waals surface area contributed by atoms with E-state index in [1.165, 1.54) is 11.3 Å². The predicted octanol–water partition coefficient (Wildman–Crippen LogP) is 2.78. The maximum Gasteiger partial charge on any atom is 0.226 e. The lowest BCUT2D eigenvalue weighted by molar-refractivity contribution is -0.116. The van der Waals surface area contributed by atoms with Crippen LogP contribution in [-0.4, -0.2) is 62.7 Å². The number of nitrogens with zero attached hydrogens (tertiary/aromatic N) is 3. The van der Waals surface area contributed by atoms with Crippen LogP contribution in [-0.2, 0) is 11.3 Å². The van der Waals surface area contributed by atoms with Crippen molar-refractivity contribution in [3.63, 3.8) is 0 Å². The minimum atomic E-state index is -0.0486. The third-order valence-corrected chi connectivity index (χ3v) is 5.87. The SMILES string of the molecule is COc1ccc(OC)c(CN2CCN(CCC(=O)Nc3sccc3C#N)CC2)c1. The van der Waals surface area contributed by atoms with E-state index in [4.69, 9.17) is 14.7 Å². The number of amides is 1. The smallest absolute Gasteiger partial charge is 0.226 e. The molecule has 1 aromatic heterocycles. The number of nitriles is 1. The van der Waals surface area contributed by atoms with Gasteiger partial charge in [0, 0.05) is 51.3 Å². The first-order valence-electron chi connectivity index (χ1n) is 9.56. The summed E-state index contributed by atoms with van der Waals surface area (Å²) in [6, 6.07) is 9.67. The second kappa shape index (κ2) is 10.3. The Bertz CT molecular complexity index is 869. The zero-order chi connectivity index (χ0) is 20.6. The molecule has 0 unspecified atom stereocenters. The van der Waals surface area contributed by atoms with Gasteiger partial charge in [0.05, 0.1) is 19.8 Å². The van der Waals surface area contributed by atoms with Crippen molar-refractivity contribution in [2.24, 2.45) is 0 Å². The molecule has 7 nitrogen and oxygen atoms in total. The van der Waals surface area contributed by atoms with E-state index < -0.39 is 0 Å². The number of benzene rings is 1. The van der Waals surface area contributed by atoms with Crippen molar-refractivity contribution in [2.45, 2.75) is 13.0 Å². The van der Waals surface area contributed by atoms with E-state index >= 15 is 0 Å². The fraction of sp³-hybridized carbons (Fsp3) is 0.429. The molecule has 1 aliphatic heterocycles. The number of anilines is 1. The van der Waals surface area contributed by atoms with Crippen LogP contribution in [0.5, 0.6) is 11.5 Å². The fourth-order valence-electron chi connectivity index (χ4n) is 3.36. The topological polar surface area (TPSA) is 77.8 Å². The molecule has 1 amide bonds. The number of hydrogen-bond donors (Lipinski definition) is 1. The maximum atomic E-state index is 12.2. The normalized spacial score (nSPS) is 14.9. The molecular formula is C21H26N4O3S. The number of methoxy groups -OCH3 is 2. The Morgan fingerprint density at radius 1 is 1.17 bits per heavy atom. The van der Waals surface area contributed by atoms with E-state index in [0.29, 0.717) is 17.0 Å². The molecule has 0 saturated carbocycles. The first kappa shape index (κ1) is 21.1. The Hall–Kier alpha value is -2.60. The van der Waals surface area contributed by atoms with Gasteiger partial charge in [-0.3, -0.25) is 9.69 Å². The van der Waals surface area contributed by atoms with Crippen LogP contribution >= 0.6 is 11.3 Å². The zero-order valence-corrected chi connectivity index (χ0v) is 17.6. The number of carbonyl (C=O) groups excluding carboxylic acids is 1. The highest BCUT2D eigenvalue weighted by Gasteiger charge is 2.19. The van der Waals surface area contributed by atoms with Gasteiger partial charge in [-0.15, -0.1) is 11.3 Å². The van der Waals surface area contributed by atoms with Gasteiger partial charge in [0.1, 0.15) is 22.6 Å². The molecule has 1 aromatic carbocycles. The van der Waals surface area contributed by atoms with E-state index in [9.17, 15) is 4.79 Å². The van der Waals surface area contributed by atoms with Crippen LogP contribution in [0.4, 0.5) is 5.00 Å². The van der Waals surface area contributed by atoms with E-state index in [1.54, 1.807) is 20.3 Å². The summed E-state index contributed by atoms with van der Waals surface area (Å²) in [5.41, 5.74) is 1.63. The number of nitrogens with one attached hydrogen (secondary N) is 1. The number of hydrogen-bond acceptors (Lipinski definition) is 7. The number of carbonyl (C=O) groups is 1. The first-order valence-corrected chi connectivity index (χ1v) is 10.4. The van der Waals surface area contributed by atoms with E-state index in [-0.39, 0.29) is 5.91 Å². The number of ether oxygens (including phenoxy) is 2. The van der Waals surface area contributed by atoms with Crippen molar-refractivity contribution in [1.29, 1.82) is 5.26 Å². The second-order valence-electron chi connectivity index (χ2n) is 6.87. The molecule has 1 N–H and O–H groups in total. The van der Waals surface area contributed by atoms with Gasteiger partial charge in [0.2, 0.25) is 5.91 Å². The average Bonchev–Trinajstić information content (AvgIpc) is 3.20. The summed E-state index contributed by atoms with van der Waals surface area (Å²) >= 11 is 1.38. The van der Waals surface area contributed by atoms with Gasteiger partial charge in [-0.1, -0.05) is 0 Å². The lowest BCUT2D eigenvalue weighted by Crippen LogP contribution is -2.46. The molecule has 1 aliphatic rings. The van der Waals surface area contributed by atoms with Gasteiger partial charge in [-0.25, -0.2) is 0 Å². The lowest BCUT2D eigenvalue weighted by atomic mass is 10.1. The van der Waals surface area contributed by atoms with Crippen LogP contribution in [0.2, 0.25) is 0 Å². The van der Waals surface area contributed by atoms with Crippen molar-refractivity contribution in [3.8, 4) is 17.6 Å². The largest absolute Gasteiger partial charge is 0.497 e. The molecule has 2 aromatic rings. The number of thiophene rings is 1. The third-order valence-electron chi connectivity index (χ3n) is 5.04. The van der Waals surface area contributed by atoms with Gasteiger partial charge < -0.3 is 19.7 Å². The predicted molar refractivity (Wildman–Crippen MR) is 114 cm³/mol. The zero-order valence-electron chi connectivity index (χ0n) is 16.8. The lowest BCUT2D eigenvalue weighted by Gasteiger charge is -2.34. The quantitative estimate of drug-likeness (QED) is 0.716. The Morgan fingerprint density at radius 3 is 2.62 bits per heavy atom. The molecule has 3 rings (SSSR count). The minimum Gasteiger partial charge on any atom is -0.497 e. The molecule has 0 atom stereocenters. The molecule has 8 heteroatoms. The Kier molecular flexibility index (Phi) is 7.47. The van der Waals surface area contributed by atoms with E-state index in [2.05, 4.69) is 21.2 Å². The Balaban J connectivity index is 1.44. The number of piperazine rings is 1. The van der Waals surface area contributed by atoms with Crippen LogP contribution < -0.4 is 14.8 Å². The van der Waals surface area contributed by atoms with Gasteiger partial charge in [-0.2, -0.15) is 5.26 Å². The monoisotopic (exact) mass is 414 g/mol. The van der Waals surface area contributed by atoms with Gasteiger partial charge in [0.15, 0.2) is 0 Å². The molecule has 0 aliphatic carbocycles. The first-order chi connectivity index (χ1) is 14.1. The molecular weight excluding hydrogens is 388 g/mol. The standard InChI is InChI=1S/C21H26N4O3S/c1-27-18-3-4-19(28-2)17(13-18)15-25-10-8-24(9-11-25)7-5-20(26)23-21-16(14-22)6-12-29-21/h3-4,6,12-13H,5,7-11,15H2,1-2H3,(H,23,26). The van der Waals surface area contributed by atoms with Crippen LogP contribution in [0.1, 0.15) is 17.5 Å². The molecule has 29 heavy (non-hydrogen) atoms. The third kappa shape index (κ3) is 5.70. The summed E-state index contributed by atoms with van der Waals surface area (Å²) in [7, 11) is 3.35. The highest BCUT2D eigenvalue weighted by Crippen LogP contribution is 2.26. The number of rotatable bonds is 8. The molecule has 0 spiro atoms. The molecule has 154 valence electrons. The summed E-state index contributed by atoms with van der Waals surface area (Å²) in [6.07, 6.45) is 0.423. The summed E-state index contributed by atoms with van der Waals surface area (Å²) in [5.74, 6) is 1.65. The highest BCUT2D eigenvalue weighted by molar-refractivity contribution is 7.14. The van der Waals surface area contributed by atoms with Gasteiger partial charge in [-0.05, 0) is 29.6 Å². The average molecular weight is 415 g/mol. The van der Waals surface area contributed by atoms with Crippen LogP contribution in [0.15, 0.2) is 29.6 Å². The van der Waals surface area contributed by atoms with Crippen molar-refractivity contribution in [1.82, 2.24) is 9.80 Å². The van der Waals surface area contributed by atoms with Crippen LogP contribution in [0.3, 0.4) is 0 Å². The maximum absolute atomic E-state index is 12.2. The molecule has 0 bridgehead atoms. The van der Waals surface area contributed by atoms with E-state index in [0.717, 1.165) is 56.3 Å². The molecule has 0 radical (unpaired) electrons. The van der Waals surface area contributed by atoms with Crippen molar-refractivity contribution in [2.75, 3.05) is 52.3 Å². The summed E-state index contributed by atoms with van der Waals surface area (Å²) in [6.45, 7) is 5.24. The highest BCUT2D eigenvalue weighted by atomic mass is 32.1.